The number of aromatic nitrogens is 2. The van der Waals surface area contributed by atoms with Crippen LogP contribution in [0, 0.1) is 0 Å². The van der Waals surface area contributed by atoms with Crippen molar-refractivity contribution >= 4 is 5.91 Å². The molecule has 0 unspecified atom stereocenters. The summed E-state index contributed by atoms with van der Waals surface area (Å²) in [5.41, 5.74) is 5.71. The van der Waals surface area contributed by atoms with Crippen LogP contribution in [-0.4, -0.2) is 27.8 Å². The first-order valence-corrected chi connectivity index (χ1v) is 5.03. The Bertz CT molecular complexity index is 343. The van der Waals surface area contributed by atoms with E-state index < -0.39 is 0 Å². The highest BCUT2D eigenvalue weighted by Crippen LogP contribution is 2.03. The quantitative estimate of drug-likeness (QED) is 0.754. The molecule has 1 aromatic rings. The summed E-state index contributed by atoms with van der Waals surface area (Å²) in [4.78, 5) is 11.7. The maximum absolute atomic E-state index is 11.7. The van der Waals surface area contributed by atoms with Crippen molar-refractivity contribution in [2.75, 3.05) is 6.54 Å². The average Bonchev–Trinajstić information content (AvgIpc) is 2.65. The van der Waals surface area contributed by atoms with Gasteiger partial charge < -0.3 is 11.1 Å². The van der Waals surface area contributed by atoms with Crippen LogP contribution in [0.2, 0.25) is 0 Å². The maximum Gasteiger partial charge on any atom is 0.254 e. The number of hydrogen-bond acceptors (Lipinski definition) is 3. The number of nitrogens with one attached hydrogen (secondary N) is 1. The first-order valence-electron chi connectivity index (χ1n) is 5.03. The van der Waals surface area contributed by atoms with E-state index in [0.717, 1.165) is 6.54 Å². The predicted molar refractivity (Wildman–Crippen MR) is 58.5 cm³/mol. The minimum absolute atomic E-state index is 0.134. The van der Waals surface area contributed by atoms with E-state index in [-0.39, 0.29) is 11.4 Å². The summed E-state index contributed by atoms with van der Waals surface area (Å²) in [6.07, 6.45) is 3.29. The van der Waals surface area contributed by atoms with Crippen molar-refractivity contribution in [1.82, 2.24) is 15.1 Å². The molecule has 15 heavy (non-hydrogen) atoms. The van der Waals surface area contributed by atoms with Gasteiger partial charge in [0, 0.05) is 24.8 Å². The zero-order valence-corrected chi connectivity index (χ0v) is 9.45. The normalized spacial score (nSPS) is 11.5. The Kier molecular flexibility index (Phi) is 3.47. The molecule has 0 saturated heterocycles. The standard InChI is InChI=1S/C10H18N4O/c1-4-14-6-8(5-12-14)9(15)13-10(2,3)7-11/h5-6H,4,7,11H2,1-3H3,(H,13,15). The molecule has 0 atom stereocenters. The number of aryl methyl sites for hydroxylation is 1. The third kappa shape index (κ3) is 3.06. The molecule has 84 valence electrons. The zero-order valence-electron chi connectivity index (χ0n) is 9.45. The van der Waals surface area contributed by atoms with Crippen LogP contribution in [0.5, 0.6) is 0 Å². The Labute approximate surface area is 89.6 Å². The molecule has 0 aliphatic carbocycles. The van der Waals surface area contributed by atoms with E-state index in [4.69, 9.17) is 5.73 Å². The smallest absolute Gasteiger partial charge is 0.254 e. The number of carbonyl (C=O) groups is 1. The molecule has 0 radical (unpaired) electrons. The van der Waals surface area contributed by atoms with E-state index in [0.29, 0.717) is 12.1 Å². The predicted octanol–water partition coefficient (Wildman–Crippen LogP) is 0.370. The van der Waals surface area contributed by atoms with Crippen molar-refractivity contribution in [2.45, 2.75) is 32.9 Å². The van der Waals surface area contributed by atoms with Crippen molar-refractivity contribution < 1.29 is 4.79 Å². The molecule has 1 aromatic heterocycles. The van der Waals surface area contributed by atoms with Crippen LogP contribution in [0.1, 0.15) is 31.1 Å². The summed E-state index contributed by atoms with van der Waals surface area (Å²) in [6, 6.07) is 0. The summed E-state index contributed by atoms with van der Waals surface area (Å²) >= 11 is 0. The molecule has 1 rings (SSSR count). The van der Waals surface area contributed by atoms with E-state index in [1.165, 1.54) is 0 Å². The zero-order chi connectivity index (χ0) is 11.5. The molecule has 0 aliphatic rings. The molecule has 0 spiro atoms. The van der Waals surface area contributed by atoms with Crippen LogP contribution < -0.4 is 11.1 Å². The van der Waals surface area contributed by atoms with Gasteiger partial charge in [-0.3, -0.25) is 9.48 Å². The van der Waals surface area contributed by atoms with Crippen molar-refractivity contribution in [3.63, 3.8) is 0 Å². The number of nitrogens with zero attached hydrogens (tertiary/aromatic N) is 2. The Morgan fingerprint density at radius 2 is 2.33 bits per heavy atom. The van der Waals surface area contributed by atoms with Crippen LogP contribution in [0.3, 0.4) is 0 Å². The van der Waals surface area contributed by atoms with Crippen molar-refractivity contribution in [1.29, 1.82) is 0 Å². The molecule has 0 aromatic carbocycles. The van der Waals surface area contributed by atoms with Gasteiger partial charge in [-0.15, -0.1) is 0 Å². The maximum atomic E-state index is 11.7. The lowest BCUT2D eigenvalue weighted by atomic mass is 10.1. The van der Waals surface area contributed by atoms with Gasteiger partial charge in [0.25, 0.3) is 5.91 Å². The van der Waals surface area contributed by atoms with Gasteiger partial charge in [0.05, 0.1) is 11.8 Å². The van der Waals surface area contributed by atoms with Crippen LogP contribution in [0.4, 0.5) is 0 Å². The molecular formula is C10H18N4O. The fourth-order valence-corrected chi connectivity index (χ4v) is 1.08. The monoisotopic (exact) mass is 210 g/mol. The SMILES string of the molecule is CCn1cc(C(=O)NC(C)(C)CN)cn1. The summed E-state index contributed by atoms with van der Waals surface area (Å²) < 4.78 is 1.71. The van der Waals surface area contributed by atoms with Crippen molar-refractivity contribution in [3.8, 4) is 0 Å². The van der Waals surface area contributed by atoms with E-state index in [9.17, 15) is 4.79 Å². The molecule has 0 fully saturated rings. The highest BCUT2D eigenvalue weighted by molar-refractivity contribution is 5.94. The second kappa shape index (κ2) is 4.44. The van der Waals surface area contributed by atoms with E-state index >= 15 is 0 Å². The molecule has 1 amide bonds. The lowest BCUT2D eigenvalue weighted by Crippen LogP contribution is -2.48. The summed E-state index contributed by atoms with van der Waals surface area (Å²) in [7, 11) is 0. The minimum atomic E-state index is -0.384. The second-order valence-electron chi connectivity index (χ2n) is 4.13. The molecule has 0 saturated carbocycles. The Morgan fingerprint density at radius 1 is 1.67 bits per heavy atom. The fourth-order valence-electron chi connectivity index (χ4n) is 1.08. The highest BCUT2D eigenvalue weighted by atomic mass is 16.1. The van der Waals surface area contributed by atoms with Gasteiger partial charge in [-0.05, 0) is 20.8 Å². The topological polar surface area (TPSA) is 72.9 Å². The van der Waals surface area contributed by atoms with E-state index in [1.807, 2.05) is 20.8 Å². The number of nitrogens with two attached hydrogens (primary N) is 1. The third-order valence-electron chi connectivity index (χ3n) is 2.18. The largest absolute Gasteiger partial charge is 0.346 e. The molecule has 0 bridgehead atoms. The van der Waals surface area contributed by atoms with Crippen molar-refractivity contribution in [3.05, 3.63) is 18.0 Å². The van der Waals surface area contributed by atoms with Crippen LogP contribution in [0.25, 0.3) is 0 Å². The Hall–Kier alpha value is -1.36. The molecular weight excluding hydrogens is 192 g/mol. The number of rotatable bonds is 4. The van der Waals surface area contributed by atoms with Gasteiger partial charge in [0.2, 0.25) is 0 Å². The molecule has 5 nitrogen and oxygen atoms in total. The molecule has 5 heteroatoms. The number of carbonyl (C=O) groups excluding carboxylic acids is 1. The van der Waals surface area contributed by atoms with Crippen LogP contribution in [0.15, 0.2) is 12.4 Å². The lowest BCUT2D eigenvalue weighted by molar-refractivity contribution is 0.0915. The first-order chi connectivity index (χ1) is 6.98. The Balaban J connectivity index is 2.69. The Morgan fingerprint density at radius 3 is 2.80 bits per heavy atom. The van der Waals surface area contributed by atoms with Gasteiger partial charge in [-0.2, -0.15) is 5.10 Å². The summed E-state index contributed by atoms with van der Waals surface area (Å²) in [6.45, 7) is 6.90. The minimum Gasteiger partial charge on any atom is -0.346 e. The van der Waals surface area contributed by atoms with Gasteiger partial charge in [0.1, 0.15) is 0 Å². The van der Waals surface area contributed by atoms with Crippen LogP contribution in [-0.2, 0) is 6.54 Å². The average molecular weight is 210 g/mol. The third-order valence-corrected chi connectivity index (χ3v) is 2.18. The second-order valence-corrected chi connectivity index (χ2v) is 4.13. The van der Waals surface area contributed by atoms with E-state index in [1.54, 1.807) is 17.1 Å². The fraction of sp³-hybridized carbons (Fsp3) is 0.600. The van der Waals surface area contributed by atoms with Crippen LogP contribution >= 0.6 is 0 Å². The summed E-state index contributed by atoms with van der Waals surface area (Å²) in [5.74, 6) is -0.134. The van der Waals surface area contributed by atoms with Gasteiger partial charge in [-0.25, -0.2) is 0 Å². The van der Waals surface area contributed by atoms with Gasteiger partial charge >= 0.3 is 0 Å². The molecule has 0 aliphatic heterocycles. The lowest BCUT2D eigenvalue weighted by Gasteiger charge is -2.23. The number of amides is 1. The highest BCUT2D eigenvalue weighted by Gasteiger charge is 2.19. The molecule has 1 heterocycles. The number of hydrogen-bond donors (Lipinski definition) is 2. The van der Waals surface area contributed by atoms with Gasteiger partial charge in [0.15, 0.2) is 0 Å². The van der Waals surface area contributed by atoms with E-state index in [2.05, 4.69) is 10.4 Å². The van der Waals surface area contributed by atoms with Gasteiger partial charge in [-0.1, -0.05) is 0 Å². The summed E-state index contributed by atoms with van der Waals surface area (Å²) in [5, 5.41) is 6.88. The first kappa shape index (κ1) is 11.7. The molecule has 3 N–H and O–H groups in total. The van der Waals surface area contributed by atoms with Crippen molar-refractivity contribution in [2.24, 2.45) is 5.73 Å².